The number of rotatable bonds is 7. The van der Waals surface area contributed by atoms with Gasteiger partial charge in [-0.1, -0.05) is 40.2 Å². The molecule has 0 saturated heterocycles. The van der Waals surface area contributed by atoms with Gasteiger partial charge in [0, 0.05) is 17.1 Å². The zero-order valence-electron chi connectivity index (χ0n) is 13.2. The third kappa shape index (κ3) is 4.49. The molecule has 1 N–H and O–H groups in total. The molecule has 0 spiro atoms. The molecule has 118 valence electrons. The number of hydrogen-bond acceptors (Lipinski definition) is 3. The molecule has 2 rings (SSSR count). The summed E-state index contributed by atoms with van der Waals surface area (Å²) in [5, 5.41) is 3.55. The molecule has 0 fully saturated rings. The van der Waals surface area contributed by atoms with Crippen LogP contribution in [0.15, 0.2) is 46.9 Å². The Bertz CT molecular complexity index is 616. The molecule has 0 radical (unpaired) electrons. The van der Waals surface area contributed by atoms with E-state index in [9.17, 15) is 0 Å². The third-order valence-electron chi connectivity index (χ3n) is 3.59. The lowest BCUT2D eigenvalue weighted by Crippen LogP contribution is -2.27. The first-order valence-corrected chi connectivity index (χ1v) is 8.11. The van der Waals surface area contributed by atoms with Gasteiger partial charge in [0.25, 0.3) is 0 Å². The molecule has 0 heterocycles. The Morgan fingerprint density at radius 2 is 1.77 bits per heavy atom. The van der Waals surface area contributed by atoms with Crippen LogP contribution in [0.1, 0.15) is 18.1 Å². The average molecular weight is 364 g/mol. The summed E-state index contributed by atoms with van der Waals surface area (Å²) in [5.74, 6) is 1.54. The molecule has 0 aliphatic rings. The van der Waals surface area contributed by atoms with Crippen LogP contribution in [-0.4, -0.2) is 20.3 Å². The molecular formula is C18H22BrNO2. The van der Waals surface area contributed by atoms with Crippen molar-refractivity contribution in [2.24, 2.45) is 0 Å². The Labute approximate surface area is 140 Å². The van der Waals surface area contributed by atoms with Gasteiger partial charge in [0.2, 0.25) is 0 Å². The van der Waals surface area contributed by atoms with Crippen LogP contribution in [0.5, 0.6) is 11.5 Å². The summed E-state index contributed by atoms with van der Waals surface area (Å²) in [6.07, 6.45) is 0.935. The predicted octanol–water partition coefficient (Wildman–Crippen LogP) is 4.19. The lowest BCUT2D eigenvalue weighted by atomic mass is 10.1. The number of methoxy groups -OCH3 is 2. The molecule has 3 nitrogen and oxygen atoms in total. The standard InChI is InChI=1S/C18H22BrNO2/c1-13(20-12-15-6-4-5-7-16(15)19)10-14-8-9-17(21-2)18(11-14)22-3/h4-9,11,13,20H,10,12H2,1-3H3. The SMILES string of the molecule is COc1ccc(CC(C)NCc2ccccc2Br)cc1OC. The van der Waals surface area contributed by atoms with Gasteiger partial charge < -0.3 is 14.8 Å². The van der Waals surface area contributed by atoms with Gasteiger partial charge in [0.05, 0.1) is 14.2 Å². The topological polar surface area (TPSA) is 30.5 Å². The van der Waals surface area contributed by atoms with Crippen LogP contribution in [-0.2, 0) is 13.0 Å². The monoisotopic (exact) mass is 363 g/mol. The van der Waals surface area contributed by atoms with E-state index >= 15 is 0 Å². The van der Waals surface area contributed by atoms with Crippen LogP contribution in [0.2, 0.25) is 0 Å². The summed E-state index contributed by atoms with van der Waals surface area (Å²) in [7, 11) is 3.32. The van der Waals surface area contributed by atoms with Crippen molar-refractivity contribution in [2.75, 3.05) is 14.2 Å². The maximum atomic E-state index is 5.35. The van der Waals surface area contributed by atoms with E-state index in [-0.39, 0.29) is 0 Å². The smallest absolute Gasteiger partial charge is 0.160 e. The summed E-state index contributed by atoms with van der Waals surface area (Å²) >= 11 is 3.58. The van der Waals surface area contributed by atoms with Crippen LogP contribution in [0.25, 0.3) is 0 Å². The lowest BCUT2D eigenvalue weighted by Gasteiger charge is -2.16. The van der Waals surface area contributed by atoms with Crippen molar-refractivity contribution >= 4 is 15.9 Å². The van der Waals surface area contributed by atoms with Crippen molar-refractivity contribution in [1.82, 2.24) is 5.32 Å². The second kappa shape index (κ2) is 8.20. The maximum Gasteiger partial charge on any atom is 0.160 e. The first kappa shape index (κ1) is 16.8. The normalized spacial score (nSPS) is 12.0. The summed E-state index contributed by atoms with van der Waals surface area (Å²) < 4.78 is 11.8. The fourth-order valence-electron chi connectivity index (χ4n) is 2.36. The van der Waals surface area contributed by atoms with E-state index in [0.29, 0.717) is 6.04 Å². The van der Waals surface area contributed by atoms with Crippen molar-refractivity contribution in [3.8, 4) is 11.5 Å². The Kier molecular flexibility index (Phi) is 6.28. The quantitative estimate of drug-likeness (QED) is 0.799. The molecule has 0 aliphatic heterocycles. The molecule has 22 heavy (non-hydrogen) atoms. The number of ether oxygens (including phenoxy) is 2. The molecule has 1 unspecified atom stereocenters. The van der Waals surface area contributed by atoms with Crippen molar-refractivity contribution in [2.45, 2.75) is 25.9 Å². The second-order valence-electron chi connectivity index (χ2n) is 5.27. The number of benzene rings is 2. The van der Waals surface area contributed by atoms with E-state index < -0.39 is 0 Å². The Hall–Kier alpha value is -1.52. The van der Waals surface area contributed by atoms with Crippen molar-refractivity contribution in [3.63, 3.8) is 0 Å². The van der Waals surface area contributed by atoms with Gasteiger partial charge in [-0.15, -0.1) is 0 Å². The molecule has 0 saturated carbocycles. The molecule has 0 bridgehead atoms. The van der Waals surface area contributed by atoms with Gasteiger partial charge in [0.1, 0.15) is 0 Å². The molecule has 1 atom stereocenters. The van der Waals surface area contributed by atoms with Gasteiger partial charge in [-0.3, -0.25) is 0 Å². The molecular weight excluding hydrogens is 342 g/mol. The van der Waals surface area contributed by atoms with Gasteiger partial charge in [-0.2, -0.15) is 0 Å². The van der Waals surface area contributed by atoms with E-state index in [0.717, 1.165) is 28.9 Å². The lowest BCUT2D eigenvalue weighted by molar-refractivity contribution is 0.354. The fraction of sp³-hybridized carbons (Fsp3) is 0.333. The average Bonchev–Trinajstić information content (AvgIpc) is 2.54. The fourth-order valence-corrected chi connectivity index (χ4v) is 2.78. The van der Waals surface area contributed by atoms with Gasteiger partial charge in [0.15, 0.2) is 11.5 Å². The molecule has 0 aromatic heterocycles. The Morgan fingerprint density at radius 3 is 2.45 bits per heavy atom. The van der Waals surface area contributed by atoms with E-state index in [1.165, 1.54) is 11.1 Å². The van der Waals surface area contributed by atoms with E-state index in [1.54, 1.807) is 14.2 Å². The molecule has 2 aromatic rings. The summed E-state index contributed by atoms with van der Waals surface area (Å²) in [4.78, 5) is 0. The second-order valence-corrected chi connectivity index (χ2v) is 6.12. The van der Waals surface area contributed by atoms with Gasteiger partial charge in [-0.05, 0) is 42.7 Å². The van der Waals surface area contributed by atoms with Gasteiger partial charge in [-0.25, -0.2) is 0 Å². The van der Waals surface area contributed by atoms with Crippen molar-refractivity contribution in [3.05, 3.63) is 58.1 Å². The highest BCUT2D eigenvalue weighted by molar-refractivity contribution is 9.10. The van der Waals surface area contributed by atoms with Crippen LogP contribution in [0, 0.1) is 0 Å². The largest absolute Gasteiger partial charge is 0.493 e. The number of hydrogen-bond donors (Lipinski definition) is 1. The summed E-state index contributed by atoms with van der Waals surface area (Å²) in [5.41, 5.74) is 2.49. The summed E-state index contributed by atoms with van der Waals surface area (Å²) in [6.45, 7) is 3.03. The summed E-state index contributed by atoms with van der Waals surface area (Å²) in [6, 6.07) is 14.7. The van der Waals surface area contributed by atoms with Crippen molar-refractivity contribution < 1.29 is 9.47 Å². The predicted molar refractivity (Wildman–Crippen MR) is 93.7 cm³/mol. The Morgan fingerprint density at radius 1 is 1.05 bits per heavy atom. The van der Waals surface area contributed by atoms with E-state index in [1.807, 2.05) is 18.2 Å². The minimum Gasteiger partial charge on any atom is -0.493 e. The van der Waals surface area contributed by atoms with E-state index in [2.05, 4.69) is 52.4 Å². The van der Waals surface area contributed by atoms with E-state index in [4.69, 9.17) is 9.47 Å². The third-order valence-corrected chi connectivity index (χ3v) is 4.36. The minimum absolute atomic E-state index is 0.366. The van der Waals surface area contributed by atoms with Crippen LogP contribution < -0.4 is 14.8 Å². The number of nitrogens with one attached hydrogen (secondary N) is 1. The highest BCUT2D eigenvalue weighted by Gasteiger charge is 2.08. The zero-order valence-corrected chi connectivity index (χ0v) is 14.8. The molecule has 0 amide bonds. The van der Waals surface area contributed by atoms with Crippen molar-refractivity contribution in [1.29, 1.82) is 0 Å². The first-order valence-electron chi connectivity index (χ1n) is 7.31. The van der Waals surface area contributed by atoms with Gasteiger partial charge >= 0.3 is 0 Å². The first-order chi connectivity index (χ1) is 10.6. The molecule has 2 aromatic carbocycles. The molecule has 4 heteroatoms. The van der Waals surface area contributed by atoms with Crippen LogP contribution >= 0.6 is 15.9 Å². The maximum absolute atomic E-state index is 5.35. The zero-order chi connectivity index (χ0) is 15.9. The molecule has 0 aliphatic carbocycles. The Balaban J connectivity index is 1.94. The van der Waals surface area contributed by atoms with Crippen LogP contribution in [0.3, 0.4) is 0 Å². The van der Waals surface area contributed by atoms with Crippen LogP contribution in [0.4, 0.5) is 0 Å². The minimum atomic E-state index is 0.366. The number of halogens is 1. The highest BCUT2D eigenvalue weighted by atomic mass is 79.9. The highest BCUT2D eigenvalue weighted by Crippen LogP contribution is 2.28.